The summed E-state index contributed by atoms with van der Waals surface area (Å²) in [5.74, 6) is -0.494. The Morgan fingerprint density at radius 1 is 1.07 bits per heavy atom. The van der Waals surface area contributed by atoms with Crippen molar-refractivity contribution in [2.24, 2.45) is 5.16 Å². The van der Waals surface area contributed by atoms with Crippen LogP contribution in [0.15, 0.2) is 65.8 Å². The lowest BCUT2D eigenvalue weighted by Crippen LogP contribution is -1.95. The molecule has 0 spiro atoms. The standard InChI is InChI=1S/C20H15FN2O4/c21-17-6-4-13(5-7-17)8-14-9-16(12-22-25)20(24)19(10-14)15-2-1-3-18(11-15)23(26)27/h1-7,9-12,24-25H,8H2/b22-12+. The molecule has 3 rings (SSSR count). The van der Waals surface area contributed by atoms with E-state index >= 15 is 0 Å². The third-order valence-electron chi connectivity index (χ3n) is 4.09. The fourth-order valence-electron chi connectivity index (χ4n) is 2.83. The molecule has 0 aliphatic rings. The summed E-state index contributed by atoms with van der Waals surface area (Å²) in [5, 5.41) is 33.4. The normalized spacial score (nSPS) is 11.0. The highest BCUT2D eigenvalue weighted by atomic mass is 19.1. The summed E-state index contributed by atoms with van der Waals surface area (Å²) in [6.07, 6.45) is 1.53. The molecule has 0 atom stereocenters. The first-order valence-electron chi connectivity index (χ1n) is 8.00. The lowest BCUT2D eigenvalue weighted by atomic mass is 9.95. The Morgan fingerprint density at radius 2 is 1.81 bits per heavy atom. The number of non-ortho nitro benzene ring substituents is 1. The second-order valence-electron chi connectivity index (χ2n) is 5.94. The quantitative estimate of drug-likeness (QED) is 0.301. The van der Waals surface area contributed by atoms with Crippen molar-refractivity contribution in [1.29, 1.82) is 0 Å². The molecule has 0 saturated carbocycles. The Balaban J connectivity index is 2.09. The average molecular weight is 366 g/mol. The minimum absolute atomic E-state index is 0.104. The van der Waals surface area contributed by atoms with E-state index in [2.05, 4.69) is 5.16 Å². The van der Waals surface area contributed by atoms with Crippen LogP contribution in [0.2, 0.25) is 0 Å². The van der Waals surface area contributed by atoms with Crippen molar-refractivity contribution in [3.05, 3.63) is 93.3 Å². The van der Waals surface area contributed by atoms with E-state index in [0.717, 1.165) is 17.3 Å². The van der Waals surface area contributed by atoms with Gasteiger partial charge in [-0.3, -0.25) is 10.1 Å². The SMILES string of the molecule is O=[N+]([O-])c1cccc(-c2cc(Cc3ccc(F)cc3)cc(/C=N/O)c2O)c1. The Morgan fingerprint density at radius 3 is 2.48 bits per heavy atom. The molecule has 0 heterocycles. The zero-order valence-electron chi connectivity index (χ0n) is 14.0. The van der Waals surface area contributed by atoms with Crippen LogP contribution in [0.25, 0.3) is 11.1 Å². The third-order valence-corrected chi connectivity index (χ3v) is 4.09. The van der Waals surface area contributed by atoms with Crippen LogP contribution in [0.4, 0.5) is 10.1 Å². The van der Waals surface area contributed by atoms with Gasteiger partial charge in [-0.2, -0.15) is 0 Å². The van der Waals surface area contributed by atoms with Gasteiger partial charge in [-0.15, -0.1) is 0 Å². The molecule has 0 unspecified atom stereocenters. The van der Waals surface area contributed by atoms with Crippen molar-refractivity contribution in [3.63, 3.8) is 0 Å². The van der Waals surface area contributed by atoms with Crippen LogP contribution in [-0.2, 0) is 6.42 Å². The molecule has 0 aromatic heterocycles. The van der Waals surface area contributed by atoms with Gasteiger partial charge in [0.1, 0.15) is 11.6 Å². The number of phenolic OH excluding ortho intramolecular Hbond substituents is 1. The molecule has 3 aromatic rings. The van der Waals surface area contributed by atoms with E-state index in [1.807, 2.05) is 0 Å². The third kappa shape index (κ3) is 4.09. The highest BCUT2D eigenvalue weighted by Crippen LogP contribution is 2.35. The summed E-state index contributed by atoms with van der Waals surface area (Å²) < 4.78 is 13.1. The number of nitro groups is 1. The van der Waals surface area contributed by atoms with Crippen LogP contribution in [0.1, 0.15) is 16.7 Å². The summed E-state index contributed by atoms with van der Waals surface area (Å²) in [5.41, 5.74) is 2.59. The van der Waals surface area contributed by atoms with Crippen molar-refractivity contribution < 1.29 is 19.6 Å². The van der Waals surface area contributed by atoms with Crippen molar-refractivity contribution >= 4 is 11.9 Å². The molecule has 0 bridgehead atoms. The van der Waals surface area contributed by atoms with Gasteiger partial charge < -0.3 is 10.3 Å². The molecule has 0 radical (unpaired) electrons. The average Bonchev–Trinajstić information content (AvgIpc) is 2.66. The van der Waals surface area contributed by atoms with Crippen molar-refractivity contribution in [1.82, 2.24) is 0 Å². The first kappa shape index (κ1) is 18.1. The van der Waals surface area contributed by atoms with E-state index in [1.54, 1.807) is 30.3 Å². The second kappa shape index (κ2) is 7.65. The Hall–Kier alpha value is -3.74. The molecule has 6 nitrogen and oxygen atoms in total. The molecule has 3 aromatic carbocycles. The maximum absolute atomic E-state index is 13.1. The monoisotopic (exact) mass is 366 g/mol. The number of hydrogen-bond acceptors (Lipinski definition) is 5. The minimum Gasteiger partial charge on any atom is -0.507 e. The largest absolute Gasteiger partial charge is 0.507 e. The van der Waals surface area contributed by atoms with Crippen LogP contribution < -0.4 is 0 Å². The van der Waals surface area contributed by atoms with Gasteiger partial charge in [0.15, 0.2) is 0 Å². The second-order valence-corrected chi connectivity index (χ2v) is 5.94. The fourth-order valence-corrected chi connectivity index (χ4v) is 2.83. The van der Waals surface area contributed by atoms with Crippen molar-refractivity contribution in [3.8, 4) is 16.9 Å². The molecule has 0 saturated heterocycles. The Labute approximate surface area is 154 Å². The van der Waals surface area contributed by atoms with E-state index < -0.39 is 4.92 Å². The van der Waals surface area contributed by atoms with Gasteiger partial charge in [0, 0.05) is 23.3 Å². The topological polar surface area (TPSA) is 96.0 Å². The highest BCUT2D eigenvalue weighted by Gasteiger charge is 2.14. The van der Waals surface area contributed by atoms with Gasteiger partial charge in [0.05, 0.1) is 11.1 Å². The van der Waals surface area contributed by atoms with Gasteiger partial charge in [-0.1, -0.05) is 29.4 Å². The van der Waals surface area contributed by atoms with E-state index in [1.165, 1.54) is 30.3 Å². The number of hydrogen-bond donors (Lipinski definition) is 2. The zero-order chi connectivity index (χ0) is 19.4. The summed E-state index contributed by atoms with van der Waals surface area (Å²) in [6, 6.07) is 15.2. The van der Waals surface area contributed by atoms with Crippen LogP contribution in [-0.4, -0.2) is 21.5 Å². The van der Waals surface area contributed by atoms with Gasteiger partial charge in [-0.05, 0) is 47.4 Å². The molecule has 0 aliphatic heterocycles. The zero-order valence-corrected chi connectivity index (χ0v) is 14.0. The highest BCUT2D eigenvalue weighted by molar-refractivity contribution is 5.89. The molecule has 0 aliphatic carbocycles. The molecular formula is C20H15FN2O4. The number of rotatable bonds is 5. The van der Waals surface area contributed by atoms with E-state index in [-0.39, 0.29) is 22.8 Å². The number of oxime groups is 1. The Bertz CT molecular complexity index is 1020. The molecule has 136 valence electrons. The maximum Gasteiger partial charge on any atom is 0.270 e. The number of benzene rings is 3. The molecule has 0 amide bonds. The molecule has 0 fully saturated rings. The number of nitro benzene ring substituents is 1. The summed E-state index contributed by atoms with van der Waals surface area (Å²) in [7, 11) is 0. The predicted molar refractivity (Wildman–Crippen MR) is 98.8 cm³/mol. The van der Waals surface area contributed by atoms with E-state index in [0.29, 0.717) is 17.5 Å². The molecule has 7 heteroatoms. The van der Waals surface area contributed by atoms with Gasteiger partial charge in [0.25, 0.3) is 5.69 Å². The lowest BCUT2D eigenvalue weighted by molar-refractivity contribution is -0.384. The minimum atomic E-state index is -0.515. The lowest BCUT2D eigenvalue weighted by Gasteiger charge is -2.11. The number of nitrogens with zero attached hydrogens (tertiary/aromatic N) is 2. The molecule has 27 heavy (non-hydrogen) atoms. The van der Waals surface area contributed by atoms with Crippen LogP contribution in [0.5, 0.6) is 5.75 Å². The summed E-state index contributed by atoms with van der Waals surface area (Å²) >= 11 is 0. The number of halogens is 1. The predicted octanol–water partition coefficient (Wildman–Crippen LogP) is 4.51. The van der Waals surface area contributed by atoms with Crippen LogP contribution in [0, 0.1) is 15.9 Å². The smallest absolute Gasteiger partial charge is 0.270 e. The van der Waals surface area contributed by atoms with E-state index in [4.69, 9.17) is 5.21 Å². The van der Waals surface area contributed by atoms with E-state index in [9.17, 15) is 19.6 Å². The summed E-state index contributed by atoms with van der Waals surface area (Å²) in [4.78, 5) is 10.5. The van der Waals surface area contributed by atoms with Crippen molar-refractivity contribution in [2.45, 2.75) is 6.42 Å². The number of aromatic hydroxyl groups is 1. The number of phenols is 1. The maximum atomic E-state index is 13.1. The van der Waals surface area contributed by atoms with Crippen LogP contribution in [0.3, 0.4) is 0 Å². The van der Waals surface area contributed by atoms with Crippen molar-refractivity contribution in [2.75, 3.05) is 0 Å². The Kier molecular flexibility index (Phi) is 5.12. The van der Waals surface area contributed by atoms with Gasteiger partial charge in [-0.25, -0.2) is 4.39 Å². The van der Waals surface area contributed by atoms with Gasteiger partial charge in [0.2, 0.25) is 0 Å². The fraction of sp³-hybridized carbons (Fsp3) is 0.0500. The molecule has 2 N–H and O–H groups in total. The first-order valence-corrected chi connectivity index (χ1v) is 8.00. The molecular weight excluding hydrogens is 351 g/mol. The van der Waals surface area contributed by atoms with Gasteiger partial charge >= 0.3 is 0 Å². The van der Waals surface area contributed by atoms with Crippen LogP contribution >= 0.6 is 0 Å². The summed E-state index contributed by atoms with van der Waals surface area (Å²) in [6.45, 7) is 0. The first-order chi connectivity index (χ1) is 13.0.